The van der Waals surface area contributed by atoms with Crippen LogP contribution in [-0.4, -0.2) is 28.4 Å². The fraction of sp³-hybridized carbons (Fsp3) is 0.571. The molecule has 0 aliphatic heterocycles. The fourth-order valence-corrected chi connectivity index (χ4v) is 1.97. The lowest BCUT2D eigenvalue weighted by Crippen LogP contribution is -2.44. The molecule has 0 aromatic carbocycles. The Morgan fingerprint density at radius 2 is 2.05 bits per heavy atom. The molecule has 1 N–H and O–H groups in total. The third-order valence-corrected chi connectivity index (χ3v) is 2.98. The number of hydrogen-bond acceptors (Lipinski definition) is 3. The average molecular weight is 267 g/mol. The Balaban J connectivity index is 2.90. The Bertz CT molecular complexity index is 431. The Hall–Kier alpha value is -1.78. The van der Waals surface area contributed by atoms with Gasteiger partial charge in [0, 0.05) is 6.54 Å². The minimum Gasteiger partial charge on any atom is -0.481 e. The summed E-state index contributed by atoms with van der Waals surface area (Å²) in [5, 5.41) is 9.28. The highest BCUT2D eigenvalue weighted by Gasteiger charge is 2.39. The molecule has 5 heteroatoms. The number of aliphatic carboxylic acids is 1. The quantitative estimate of drug-likeness (QED) is 0.831. The normalized spacial score (nSPS) is 13.1. The third kappa shape index (κ3) is 3.84. The lowest BCUT2D eigenvalue weighted by Gasteiger charge is -2.31. The lowest BCUT2D eigenvalue weighted by atomic mass is 9.80. The van der Waals surface area contributed by atoms with E-state index >= 15 is 0 Å². The first-order valence-electron chi connectivity index (χ1n) is 6.31. The zero-order chi connectivity index (χ0) is 14.6. The molecule has 1 rings (SSSR count). The van der Waals surface area contributed by atoms with Gasteiger partial charge in [-0.3, -0.25) is 9.59 Å². The maximum absolute atomic E-state index is 12.4. The van der Waals surface area contributed by atoms with Gasteiger partial charge in [-0.1, -0.05) is 20.8 Å². The highest BCUT2D eigenvalue weighted by Crippen LogP contribution is 2.28. The van der Waals surface area contributed by atoms with Crippen molar-refractivity contribution >= 4 is 11.9 Å². The molecule has 0 aliphatic carbocycles. The van der Waals surface area contributed by atoms with Crippen LogP contribution < -0.4 is 0 Å². The van der Waals surface area contributed by atoms with Gasteiger partial charge in [-0.2, -0.15) is 0 Å². The number of carboxylic acid groups (broad SMARTS) is 1. The SMILES string of the molecule is CCN(Cc1ccco1)C(=O)C(C(=O)O)C(C)(C)C. The van der Waals surface area contributed by atoms with Gasteiger partial charge in [0.25, 0.3) is 0 Å². The van der Waals surface area contributed by atoms with Gasteiger partial charge in [0.2, 0.25) is 5.91 Å². The summed E-state index contributed by atoms with van der Waals surface area (Å²) in [5.41, 5.74) is -0.625. The molecule has 1 aromatic rings. The average Bonchev–Trinajstić information content (AvgIpc) is 2.75. The maximum atomic E-state index is 12.4. The monoisotopic (exact) mass is 267 g/mol. The van der Waals surface area contributed by atoms with E-state index in [-0.39, 0.29) is 5.91 Å². The van der Waals surface area contributed by atoms with Gasteiger partial charge >= 0.3 is 5.97 Å². The maximum Gasteiger partial charge on any atom is 0.316 e. The van der Waals surface area contributed by atoms with E-state index in [2.05, 4.69) is 0 Å². The Kier molecular flexibility index (Phi) is 4.75. The second kappa shape index (κ2) is 5.91. The summed E-state index contributed by atoms with van der Waals surface area (Å²) in [6.45, 7) is 7.82. The summed E-state index contributed by atoms with van der Waals surface area (Å²) >= 11 is 0. The minimum absolute atomic E-state index is 0.294. The number of carbonyl (C=O) groups is 2. The van der Waals surface area contributed by atoms with Crippen LogP contribution >= 0.6 is 0 Å². The summed E-state index contributed by atoms with van der Waals surface area (Å²) in [6, 6.07) is 3.51. The standard InChI is InChI=1S/C14H21NO4/c1-5-15(9-10-7-6-8-19-10)12(16)11(13(17)18)14(2,3)4/h6-8,11H,5,9H2,1-4H3,(H,17,18). The van der Waals surface area contributed by atoms with Crippen LogP contribution in [0.1, 0.15) is 33.5 Å². The predicted molar refractivity (Wildman–Crippen MR) is 70.4 cm³/mol. The van der Waals surface area contributed by atoms with E-state index in [1.807, 2.05) is 6.92 Å². The number of carbonyl (C=O) groups excluding carboxylic acids is 1. The van der Waals surface area contributed by atoms with Crippen molar-refractivity contribution in [3.05, 3.63) is 24.2 Å². The zero-order valence-electron chi connectivity index (χ0n) is 11.8. The smallest absolute Gasteiger partial charge is 0.316 e. The van der Waals surface area contributed by atoms with Crippen molar-refractivity contribution in [1.29, 1.82) is 0 Å². The van der Waals surface area contributed by atoms with Gasteiger partial charge < -0.3 is 14.4 Å². The van der Waals surface area contributed by atoms with Crippen LogP contribution in [0.2, 0.25) is 0 Å². The first-order valence-corrected chi connectivity index (χ1v) is 6.31. The third-order valence-electron chi connectivity index (χ3n) is 2.98. The van der Waals surface area contributed by atoms with Gasteiger partial charge in [-0.25, -0.2) is 0 Å². The van der Waals surface area contributed by atoms with Gasteiger partial charge in [0.15, 0.2) is 0 Å². The van der Waals surface area contributed by atoms with Crippen molar-refractivity contribution < 1.29 is 19.1 Å². The molecule has 0 bridgehead atoms. The molecule has 1 unspecified atom stereocenters. The van der Waals surface area contributed by atoms with E-state index in [1.54, 1.807) is 32.9 Å². The lowest BCUT2D eigenvalue weighted by molar-refractivity contribution is -0.156. The van der Waals surface area contributed by atoms with Crippen molar-refractivity contribution in [3.8, 4) is 0 Å². The van der Waals surface area contributed by atoms with E-state index < -0.39 is 17.3 Å². The fourth-order valence-electron chi connectivity index (χ4n) is 1.97. The van der Waals surface area contributed by atoms with Crippen molar-refractivity contribution in [2.45, 2.75) is 34.2 Å². The Labute approximate surface area is 113 Å². The van der Waals surface area contributed by atoms with E-state index in [0.29, 0.717) is 18.8 Å². The molecule has 0 saturated carbocycles. The highest BCUT2D eigenvalue weighted by molar-refractivity contribution is 5.97. The zero-order valence-corrected chi connectivity index (χ0v) is 11.8. The molecule has 5 nitrogen and oxygen atoms in total. The van der Waals surface area contributed by atoms with Crippen LogP contribution in [0.3, 0.4) is 0 Å². The van der Waals surface area contributed by atoms with E-state index in [9.17, 15) is 14.7 Å². The number of rotatable bonds is 5. The van der Waals surface area contributed by atoms with Crippen LogP contribution in [0.4, 0.5) is 0 Å². The second-order valence-corrected chi connectivity index (χ2v) is 5.57. The van der Waals surface area contributed by atoms with Crippen molar-refractivity contribution in [2.75, 3.05) is 6.54 Å². The molecule has 0 aliphatic rings. The molecule has 106 valence electrons. The first-order chi connectivity index (χ1) is 8.77. The van der Waals surface area contributed by atoms with Crippen LogP contribution in [0.5, 0.6) is 0 Å². The minimum atomic E-state index is -1.09. The summed E-state index contributed by atoms with van der Waals surface area (Å²) in [5.74, 6) is -1.87. The summed E-state index contributed by atoms with van der Waals surface area (Å²) in [7, 11) is 0. The van der Waals surface area contributed by atoms with Crippen LogP contribution in [0.25, 0.3) is 0 Å². The Morgan fingerprint density at radius 1 is 1.42 bits per heavy atom. The first kappa shape index (κ1) is 15.3. The topological polar surface area (TPSA) is 70.8 Å². The van der Waals surface area contributed by atoms with Gasteiger partial charge in [-0.15, -0.1) is 0 Å². The molecule has 0 radical (unpaired) electrons. The molecular formula is C14H21NO4. The van der Waals surface area contributed by atoms with E-state index in [0.717, 1.165) is 0 Å². The number of hydrogen-bond donors (Lipinski definition) is 1. The van der Waals surface area contributed by atoms with Crippen LogP contribution in [0.15, 0.2) is 22.8 Å². The van der Waals surface area contributed by atoms with E-state index in [4.69, 9.17) is 4.42 Å². The van der Waals surface area contributed by atoms with Gasteiger partial charge in [-0.05, 0) is 24.5 Å². The van der Waals surface area contributed by atoms with Gasteiger partial charge in [0.05, 0.1) is 12.8 Å². The molecule has 19 heavy (non-hydrogen) atoms. The number of amides is 1. The molecular weight excluding hydrogens is 246 g/mol. The predicted octanol–water partition coefficient (Wildman–Crippen LogP) is 2.38. The van der Waals surface area contributed by atoms with Crippen LogP contribution in [0, 0.1) is 11.3 Å². The molecule has 0 spiro atoms. The van der Waals surface area contributed by atoms with Crippen molar-refractivity contribution in [3.63, 3.8) is 0 Å². The molecule has 1 aromatic heterocycles. The summed E-state index contributed by atoms with van der Waals surface area (Å²) in [6.07, 6.45) is 1.53. The number of nitrogens with zero attached hydrogens (tertiary/aromatic N) is 1. The second-order valence-electron chi connectivity index (χ2n) is 5.57. The van der Waals surface area contributed by atoms with Crippen molar-refractivity contribution in [1.82, 2.24) is 4.90 Å². The van der Waals surface area contributed by atoms with Gasteiger partial charge in [0.1, 0.15) is 11.7 Å². The highest BCUT2D eigenvalue weighted by atomic mass is 16.4. The largest absolute Gasteiger partial charge is 0.481 e. The number of furan rings is 1. The molecule has 0 fully saturated rings. The molecule has 0 saturated heterocycles. The number of carboxylic acids is 1. The van der Waals surface area contributed by atoms with Crippen molar-refractivity contribution in [2.24, 2.45) is 11.3 Å². The van der Waals surface area contributed by atoms with Crippen LogP contribution in [-0.2, 0) is 16.1 Å². The summed E-state index contributed by atoms with van der Waals surface area (Å²) in [4.78, 5) is 25.2. The Morgan fingerprint density at radius 3 is 2.42 bits per heavy atom. The molecule has 1 atom stereocenters. The summed E-state index contributed by atoms with van der Waals surface area (Å²) < 4.78 is 5.20. The molecule has 1 heterocycles. The molecule has 1 amide bonds. The van der Waals surface area contributed by atoms with E-state index in [1.165, 1.54) is 11.2 Å².